The van der Waals surface area contributed by atoms with E-state index in [1.807, 2.05) is 0 Å². The molecule has 1 unspecified atom stereocenters. The molecule has 0 spiro atoms. The normalized spacial score (nSPS) is 14.8. The Morgan fingerprint density at radius 1 is 1.19 bits per heavy atom. The smallest absolute Gasteiger partial charge is 0.407 e. The molecule has 0 saturated carbocycles. The van der Waals surface area contributed by atoms with Crippen LogP contribution in [0, 0.1) is 0 Å². The van der Waals surface area contributed by atoms with Gasteiger partial charge in [0.25, 0.3) is 11.8 Å². The monoisotopic (exact) mass is 362 g/mol. The largest absolute Gasteiger partial charge is 0.444 e. The highest BCUT2D eigenvalue weighted by Gasteiger charge is 2.39. The summed E-state index contributed by atoms with van der Waals surface area (Å²) >= 11 is 0. The fourth-order valence-electron chi connectivity index (χ4n) is 2.43. The number of benzene rings is 1. The average Bonchev–Trinajstić information content (AvgIpc) is 2.82. The van der Waals surface area contributed by atoms with Gasteiger partial charge >= 0.3 is 6.09 Å². The van der Waals surface area contributed by atoms with Crippen LogP contribution in [0.15, 0.2) is 24.3 Å². The number of aldehydes is 1. The second-order valence-electron chi connectivity index (χ2n) is 6.73. The third-order valence-corrected chi connectivity index (χ3v) is 3.52. The molecule has 0 fully saturated rings. The van der Waals surface area contributed by atoms with Gasteiger partial charge in [0.05, 0.1) is 24.3 Å². The van der Waals surface area contributed by atoms with Crippen LogP contribution >= 0.6 is 0 Å². The van der Waals surface area contributed by atoms with Crippen LogP contribution in [0.25, 0.3) is 0 Å². The van der Waals surface area contributed by atoms with Gasteiger partial charge in [-0.15, -0.1) is 0 Å². The van der Waals surface area contributed by atoms with Crippen LogP contribution in [0.5, 0.6) is 0 Å². The summed E-state index contributed by atoms with van der Waals surface area (Å²) in [7, 11) is 0. The predicted molar refractivity (Wildman–Crippen MR) is 91.8 cm³/mol. The van der Waals surface area contributed by atoms with Gasteiger partial charge in [-0.1, -0.05) is 12.1 Å². The van der Waals surface area contributed by atoms with Crippen LogP contribution < -0.4 is 5.32 Å². The molecule has 1 atom stereocenters. The minimum Gasteiger partial charge on any atom is -0.444 e. The van der Waals surface area contributed by atoms with Crippen molar-refractivity contribution in [2.45, 2.75) is 32.4 Å². The highest BCUT2D eigenvalue weighted by Crippen LogP contribution is 2.24. The number of alkyl carbamates (subject to hydrolysis) is 1. The van der Waals surface area contributed by atoms with E-state index in [2.05, 4.69) is 5.32 Å². The second-order valence-corrected chi connectivity index (χ2v) is 6.73. The van der Waals surface area contributed by atoms with E-state index in [9.17, 15) is 19.2 Å². The van der Waals surface area contributed by atoms with Crippen LogP contribution in [-0.2, 0) is 14.3 Å². The minimum absolute atomic E-state index is 0.104. The molecule has 2 rings (SSSR count). The van der Waals surface area contributed by atoms with Crippen molar-refractivity contribution in [3.8, 4) is 0 Å². The summed E-state index contributed by atoms with van der Waals surface area (Å²) in [5, 5.41) is 2.51. The van der Waals surface area contributed by atoms with Gasteiger partial charge in [-0.3, -0.25) is 14.5 Å². The van der Waals surface area contributed by atoms with Gasteiger partial charge in [0.2, 0.25) is 0 Å². The summed E-state index contributed by atoms with van der Waals surface area (Å²) in [4.78, 5) is 48.4. The molecule has 1 aromatic carbocycles. The maximum atomic E-state index is 12.3. The van der Waals surface area contributed by atoms with Crippen LogP contribution in [0.3, 0.4) is 0 Å². The zero-order valence-electron chi connectivity index (χ0n) is 15.0. The number of hydrogen-bond donors (Lipinski definition) is 1. The first kappa shape index (κ1) is 19.6. The Hall–Kier alpha value is -2.74. The number of hydrogen-bond acceptors (Lipinski definition) is 6. The highest BCUT2D eigenvalue weighted by molar-refractivity contribution is 6.22. The molecular weight excluding hydrogens is 340 g/mol. The maximum Gasteiger partial charge on any atom is 0.407 e. The molecule has 0 aliphatic carbocycles. The van der Waals surface area contributed by atoms with Gasteiger partial charge in [-0.05, 0) is 32.9 Å². The Balaban J connectivity index is 1.82. The highest BCUT2D eigenvalue weighted by atomic mass is 16.6. The van der Waals surface area contributed by atoms with Crippen molar-refractivity contribution >= 4 is 24.2 Å². The van der Waals surface area contributed by atoms with Crippen LogP contribution in [-0.4, -0.2) is 60.5 Å². The van der Waals surface area contributed by atoms with E-state index in [4.69, 9.17) is 9.47 Å². The molecule has 1 N–H and O–H groups in total. The molecule has 1 heterocycles. The Labute approximate surface area is 151 Å². The summed E-state index contributed by atoms with van der Waals surface area (Å²) in [5.41, 5.74) is -0.0501. The first-order valence-corrected chi connectivity index (χ1v) is 8.21. The van der Waals surface area contributed by atoms with Gasteiger partial charge in [0, 0.05) is 6.54 Å². The number of carbonyl (C=O) groups is 4. The lowest BCUT2D eigenvalue weighted by molar-refractivity contribution is -0.113. The first-order chi connectivity index (χ1) is 12.2. The average molecular weight is 362 g/mol. The minimum atomic E-state index is -1.02. The summed E-state index contributed by atoms with van der Waals surface area (Å²) in [6.07, 6.45) is -0.0726. The van der Waals surface area contributed by atoms with Gasteiger partial charge in [-0.25, -0.2) is 4.79 Å². The summed E-state index contributed by atoms with van der Waals surface area (Å²) in [6.45, 7) is 5.37. The molecule has 1 aliphatic rings. The summed E-state index contributed by atoms with van der Waals surface area (Å²) < 4.78 is 10.4. The molecule has 0 bridgehead atoms. The lowest BCUT2D eigenvalue weighted by atomic mass is 10.1. The number of nitrogens with zero attached hydrogens (tertiary/aromatic N) is 1. The zero-order valence-corrected chi connectivity index (χ0v) is 15.0. The quantitative estimate of drug-likeness (QED) is 0.447. The number of ether oxygens (including phenoxy) is 2. The van der Waals surface area contributed by atoms with E-state index in [-0.39, 0.29) is 30.9 Å². The second kappa shape index (κ2) is 8.09. The van der Waals surface area contributed by atoms with E-state index in [1.165, 1.54) is 0 Å². The van der Waals surface area contributed by atoms with Crippen molar-refractivity contribution < 1.29 is 28.7 Å². The summed E-state index contributed by atoms with van der Waals surface area (Å²) in [6, 6.07) is 5.38. The van der Waals surface area contributed by atoms with Crippen molar-refractivity contribution in [3.63, 3.8) is 0 Å². The molecular formula is C18H22N2O6. The molecule has 3 amide bonds. The Bertz CT molecular complexity index is 675. The van der Waals surface area contributed by atoms with Crippen molar-refractivity contribution in [1.82, 2.24) is 10.2 Å². The zero-order chi connectivity index (χ0) is 19.3. The molecule has 0 aromatic heterocycles. The third kappa shape index (κ3) is 4.66. The van der Waals surface area contributed by atoms with Gasteiger partial charge < -0.3 is 19.6 Å². The van der Waals surface area contributed by atoms with Crippen LogP contribution in [0.4, 0.5) is 4.79 Å². The Morgan fingerprint density at radius 3 is 2.27 bits per heavy atom. The number of nitrogens with one attached hydrogen (secondary N) is 1. The molecule has 140 valence electrons. The van der Waals surface area contributed by atoms with Crippen LogP contribution in [0.1, 0.15) is 41.5 Å². The van der Waals surface area contributed by atoms with Gasteiger partial charge in [-0.2, -0.15) is 0 Å². The van der Waals surface area contributed by atoms with Crippen molar-refractivity contribution in [3.05, 3.63) is 35.4 Å². The molecule has 8 nitrogen and oxygen atoms in total. The molecule has 0 saturated heterocycles. The van der Waals surface area contributed by atoms with E-state index < -0.39 is 29.6 Å². The topological polar surface area (TPSA) is 102 Å². The molecule has 0 radical (unpaired) electrons. The lowest BCUT2D eigenvalue weighted by Gasteiger charge is -2.21. The van der Waals surface area contributed by atoms with E-state index >= 15 is 0 Å². The van der Waals surface area contributed by atoms with E-state index in [1.54, 1.807) is 45.0 Å². The lowest BCUT2D eigenvalue weighted by Crippen LogP contribution is -2.44. The number of amides is 3. The SMILES string of the molecule is CC(C)(C)OC(=O)NCCOCC(C=O)N1C(=O)c2ccccc2C1=O. The number of rotatable bonds is 7. The first-order valence-electron chi connectivity index (χ1n) is 8.21. The number of fused-ring (bicyclic) bond motifs is 1. The summed E-state index contributed by atoms with van der Waals surface area (Å²) in [5.74, 6) is -1.03. The Morgan fingerprint density at radius 2 is 1.77 bits per heavy atom. The van der Waals surface area contributed by atoms with Gasteiger partial charge in [0.15, 0.2) is 0 Å². The third-order valence-electron chi connectivity index (χ3n) is 3.52. The van der Waals surface area contributed by atoms with E-state index in [0.717, 1.165) is 4.90 Å². The van der Waals surface area contributed by atoms with Crippen molar-refractivity contribution in [2.75, 3.05) is 19.8 Å². The molecule has 26 heavy (non-hydrogen) atoms. The fraction of sp³-hybridized carbons (Fsp3) is 0.444. The maximum absolute atomic E-state index is 12.3. The van der Waals surface area contributed by atoms with Crippen molar-refractivity contribution in [1.29, 1.82) is 0 Å². The van der Waals surface area contributed by atoms with E-state index in [0.29, 0.717) is 6.29 Å². The Kier molecular flexibility index (Phi) is 6.10. The fourth-order valence-corrected chi connectivity index (χ4v) is 2.43. The molecule has 1 aromatic rings. The standard InChI is InChI=1S/C18H22N2O6/c1-18(2,3)26-17(24)19-8-9-25-11-12(10-21)20-15(22)13-6-4-5-7-14(13)16(20)23/h4-7,10,12H,8-9,11H2,1-3H3,(H,19,24). The van der Waals surface area contributed by atoms with Crippen LogP contribution in [0.2, 0.25) is 0 Å². The molecule has 8 heteroatoms. The van der Waals surface area contributed by atoms with Crippen molar-refractivity contribution in [2.24, 2.45) is 0 Å². The predicted octanol–water partition coefficient (Wildman–Crippen LogP) is 1.39. The van der Waals surface area contributed by atoms with Gasteiger partial charge in [0.1, 0.15) is 17.9 Å². The number of imide groups is 1. The molecule has 1 aliphatic heterocycles. The number of carbonyl (C=O) groups excluding carboxylic acids is 4.